The van der Waals surface area contributed by atoms with E-state index >= 15 is 0 Å². The maximum atomic E-state index is 12.0. The number of halogens is 2. The monoisotopic (exact) mass is 385 g/mol. The van der Waals surface area contributed by atoms with Gasteiger partial charge in [-0.15, -0.1) is 0 Å². The van der Waals surface area contributed by atoms with Crippen LogP contribution in [0.15, 0.2) is 27.7 Å². The number of nitrogens with zero attached hydrogens (tertiary/aromatic N) is 1. The van der Waals surface area contributed by atoms with Crippen LogP contribution in [0.2, 0.25) is 5.02 Å². The summed E-state index contributed by atoms with van der Waals surface area (Å²) < 4.78 is 0.741. The third-order valence-corrected chi connectivity index (χ3v) is 3.92. The quantitative estimate of drug-likeness (QED) is 0.775. The minimum absolute atomic E-state index is 0.225. The third-order valence-electron chi connectivity index (χ3n) is 3.10. The van der Waals surface area contributed by atoms with E-state index in [-0.39, 0.29) is 30.6 Å². The van der Waals surface area contributed by atoms with E-state index in [0.717, 1.165) is 4.47 Å². The molecule has 0 bridgehead atoms. The van der Waals surface area contributed by atoms with Crippen molar-refractivity contribution in [3.05, 3.63) is 33.3 Å². The van der Waals surface area contributed by atoms with E-state index in [1.807, 2.05) is 0 Å². The Morgan fingerprint density at radius 2 is 2.18 bits per heavy atom. The zero-order valence-electron chi connectivity index (χ0n) is 11.7. The molecule has 0 saturated heterocycles. The van der Waals surface area contributed by atoms with E-state index in [1.165, 1.54) is 6.92 Å². The summed E-state index contributed by atoms with van der Waals surface area (Å²) >= 11 is 9.24. The van der Waals surface area contributed by atoms with Crippen LogP contribution in [0.25, 0.3) is 0 Å². The van der Waals surface area contributed by atoms with Crippen molar-refractivity contribution in [1.82, 2.24) is 10.6 Å². The normalized spacial score (nSPS) is 17.8. The fourth-order valence-corrected chi connectivity index (χ4v) is 2.36. The number of carbonyl (C=O) groups excluding carboxylic acids is 3. The topological polar surface area (TPSA) is 87.6 Å². The summed E-state index contributed by atoms with van der Waals surface area (Å²) in [7, 11) is 0. The summed E-state index contributed by atoms with van der Waals surface area (Å²) in [4.78, 5) is 38.8. The maximum absolute atomic E-state index is 12.0. The summed E-state index contributed by atoms with van der Waals surface area (Å²) in [6.45, 7) is 1.72. The molecule has 22 heavy (non-hydrogen) atoms. The van der Waals surface area contributed by atoms with Gasteiger partial charge in [-0.1, -0.05) is 27.5 Å². The number of hydrogen-bond acceptors (Lipinski definition) is 3. The van der Waals surface area contributed by atoms with Gasteiger partial charge in [0.2, 0.25) is 5.91 Å². The molecule has 1 aliphatic heterocycles. The summed E-state index contributed by atoms with van der Waals surface area (Å²) in [5.41, 5.74) is 0.343. The molecule has 2 rings (SSSR count). The van der Waals surface area contributed by atoms with Crippen molar-refractivity contribution in [3.8, 4) is 0 Å². The van der Waals surface area contributed by atoms with E-state index in [4.69, 9.17) is 11.6 Å². The summed E-state index contributed by atoms with van der Waals surface area (Å²) in [6, 6.07) is 4.97. The number of nitrogens with one attached hydrogen (secondary N) is 2. The van der Waals surface area contributed by atoms with Crippen LogP contribution in [0, 0.1) is 5.92 Å². The molecule has 3 amide bonds. The van der Waals surface area contributed by atoms with Gasteiger partial charge in [0.25, 0.3) is 11.8 Å². The van der Waals surface area contributed by atoms with Crippen molar-refractivity contribution in [2.24, 2.45) is 10.9 Å². The average Bonchev–Trinajstić information content (AvgIpc) is 2.47. The van der Waals surface area contributed by atoms with Gasteiger partial charge in [0.1, 0.15) is 11.8 Å². The molecule has 8 heteroatoms. The number of hydrogen-bond donors (Lipinski definition) is 2. The number of amides is 3. The predicted molar refractivity (Wildman–Crippen MR) is 85.9 cm³/mol. The molecule has 1 aromatic rings. The molecule has 1 atom stereocenters. The molecular formula is C14H13BrClN3O3. The molecule has 116 valence electrons. The zero-order chi connectivity index (χ0) is 16.3. The average molecular weight is 387 g/mol. The van der Waals surface area contributed by atoms with E-state index < -0.39 is 11.8 Å². The Morgan fingerprint density at radius 1 is 1.45 bits per heavy atom. The molecule has 2 N–H and O–H groups in total. The van der Waals surface area contributed by atoms with Gasteiger partial charge in [-0.05, 0) is 25.1 Å². The Kier molecular flexibility index (Phi) is 5.31. The molecule has 0 unspecified atom stereocenters. The Bertz CT molecular complexity index is 675. The minimum atomic E-state index is -0.765. The first-order chi connectivity index (χ1) is 10.4. The molecule has 0 fully saturated rings. The first-order valence-corrected chi connectivity index (χ1v) is 7.71. The highest BCUT2D eigenvalue weighted by Crippen LogP contribution is 2.20. The van der Waals surface area contributed by atoms with Crippen LogP contribution in [0.1, 0.15) is 23.7 Å². The van der Waals surface area contributed by atoms with Crippen LogP contribution in [0.5, 0.6) is 0 Å². The smallest absolute Gasteiger partial charge is 0.259 e. The molecule has 0 aliphatic carbocycles. The molecule has 1 aliphatic rings. The fourth-order valence-electron chi connectivity index (χ4n) is 1.80. The summed E-state index contributed by atoms with van der Waals surface area (Å²) in [5, 5.41) is 5.54. The molecule has 0 aromatic heterocycles. The van der Waals surface area contributed by atoms with E-state index in [2.05, 4.69) is 31.6 Å². The fraction of sp³-hybridized carbons (Fsp3) is 0.286. The van der Waals surface area contributed by atoms with Crippen molar-refractivity contribution in [1.29, 1.82) is 0 Å². The Hall–Kier alpha value is -1.73. The lowest BCUT2D eigenvalue weighted by atomic mass is 10.1. The lowest BCUT2D eigenvalue weighted by Gasteiger charge is -2.17. The van der Waals surface area contributed by atoms with Crippen LogP contribution in [-0.4, -0.2) is 30.1 Å². The van der Waals surface area contributed by atoms with E-state index in [0.29, 0.717) is 10.6 Å². The number of aliphatic imine (C=N–C) groups is 1. The molecule has 1 aromatic carbocycles. The van der Waals surface area contributed by atoms with Crippen molar-refractivity contribution in [3.63, 3.8) is 0 Å². The standard InChI is InChI=1S/C14H13BrClN3O3/c1-7-12(20)18-11(19-13(7)21)4-5-17-14(22)9-6-8(15)2-3-10(9)16/h2-3,6-7H,4-5H2,1H3,(H,17,22)(H,18,19,20,21). The summed E-state index contributed by atoms with van der Waals surface area (Å²) in [6.07, 6.45) is 0.252. The van der Waals surface area contributed by atoms with Gasteiger partial charge in [0.05, 0.1) is 10.6 Å². The number of rotatable bonds is 4. The van der Waals surface area contributed by atoms with Crippen LogP contribution in [-0.2, 0) is 9.59 Å². The van der Waals surface area contributed by atoms with Gasteiger partial charge in [0, 0.05) is 17.4 Å². The summed E-state index contributed by atoms with van der Waals surface area (Å²) in [5.74, 6) is -1.70. The maximum Gasteiger partial charge on any atom is 0.259 e. The minimum Gasteiger partial charge on any atom is -0.352 e. The molecule has 0 saturated carbocycles. The molecular weight excluding hydrogens is 374 g/mol. The Labute approximate surface area is 140 Å². The largest absolute Gasteiger partial charge is 0.352 e. The van der Waals surface area contributed by atoms with Gasteiger partial charge < -0.3 is 10.6 Å². The number of benzene rings is 1. The first kappa shape index (κ1) is 16.6. The highest BCUT2D eigenvalue weighted by Gasteiger charge is 2.27. The van der Waals surface area contributed by atoms with Crippen molar-refractivity contribution < 1.29 is 14.4 Å². The molecule has 1 heterocycles. The second-order valence-corrected chi connectivity index (χ2v) is 6.06. The molecule has 0 spiro atoms. The highest BCUT2D eigenvalue weighted by molar-refractivity contribution is 9.10. The van der Waals surface area contributed by atoms with Gasteiger partial charge in [-0.2, -0.15) is 4.99 Å². The van der Waals surface area contributed by atoms with Gasteiger partial charge in [-0.3, -0.25) is 14.4 Å². The van der Waals surface area contributed by atoms with Gasteiger partial charge >= 0.3 is 0 Å². The SMILES string of the molecule is C[C@H]1C(=O)N=C(CCNC(=O)c2cc(Br)ccc2Cl)NC1=O. The second-order valence-electron chi connectivity index (χ2n) is 4.74. The van der Waals surface area contributed by atoms with Crippen LogP contribution >= 0.6 is 27.5 Å². The van der Waals surface area contributed by atoms with Crippen LogP contribution in [0.4, 0.5) is 0 Å². The van der Waals surface area contributed by atoms with Crippen molar-refractivity contribution in [2.45, 2.75) is 13.3 Å². The first-order valence-electron chi connectivity index (χ1n) is 6.54. The van der Waals surface area contributed by atoms with Crippen LogP contribution < -0.4 is 10.6 Å². The number of carbonyl (C=O) groups is 3. The van der Waals surface area contributed by atoms with Crippen LogP contribution in [0.3, 0.4) is 0 Å². The van der Waals surface area contributed by atoms with Gasteiger partial charge in [-0.25, -0.2) is 0 Å². The Morgan fingerprint density at radius 3 is 2.86 bits per heavy atom. The highest BCUT2D eigenvalue weighted by atomic mass is 79.9. The van der Waals surface area contributed by atoms with E-state index in [1.54, 1.807) is 18.2 Å². The number of amidine groups is 1. The molecule has 6 nitrogen and oxygen atoms in total. The third kappa shape index (κ3) is 3.92. The van der Waals surface area contributed by atoms with Crippen molar-refractivity contribution >= 4 is 51.1 Å². The van der Waals surface area contributed by atoms with E-state index in [9.17, 15) is 14.4 Å². The predicted octanol–water partition coefficient (Wildman–Crippen LogP) is 1.91. The second kappa shape index (κ2) is 7.02. The van der Waals surface area contributed by atoms with Crippen molar-refractivity contribution in [2.75, 3.05) is 6.54 Å². The van der Waals surface area contributed by atoms with Gasteiger partial charge in [0.15, 0.2) is 0 Å². The molecule has 0 radical (unpaired) electrons. The zero-order valence-corrected chi connectivity index (χ0v) is 14.0. The Balaban J connectivity index is 1.93. The lowest BCUT2D eigenvalue weighted by molar-refractivity contribution is -0.132. The lowest BCUT2D eigenvalue weighted by Crippen LogP contribution is -2.43.